The topological polar surface area (TPSA) is 84.7 Å². The van der Waals surface area contributed by atoms with Crippen LogP contribution in [0.2, 0.25) is 0 Å². The molecule has 1 N–H and O–H groups in total. The van der Waals surface area contributed by atoms with E-state index in [4.69, 9.17) is 9.84 Å². The van der Waals surface area contributed by atoms with Crippen LogP contribution in [0.1, 0.15) is 15.9 Å². The second-order valence-electron chi connectivity index (χ2n) is 5.40. The Labute approximate surface area is 133 Å². The molecule has 2 heterocycles. The molecule has 1 saturated heterocycles. The van der Waals surface area contributed by atoms with Crippen molar-refractivity contribution in [1.82, 2.24) is 14.7 Å². The molecule has 1 atom stereocenters. The summed E-state index contributed by atoms with van der Waals surface area (Å²) in [6.07, 6.45) is 2.57. The zero-order valence-electron chi connectivity index (χ0n) is 12.7. The predicted molar refractivity (Wildman–Crippen MR) is 81.6 cm³/mol. The van der Waals surface area contributed by atoms with E-state index in [0.29, 0.717) is 12.1 Å². The molecule has 1 amide bonds. The van der Waals surface area contributed by atoms with E-state index in [2.05, 4.69) is 5.10 Å². The molecule has 2 aromatic rings. The zero-order valence-corrected chi connectivity index (χ0v) is 12.7. The minimum atomic E-state index is -1.05. The van der Waals surface area contributed by atoms with Gasteiger partial charge in [-0.15, -0.1) is 0 Å². The molecular formula is C16H17N3O4. The molecule has 1 aromatic carbocycles. The third-order valence-electron chi connectivity index (χ3n) is 3.82. The van der Waals surface area contributed by atoms with E-state index in [1.165, 1.54) is 4.90 Å². The molecule has 0 bridgehead atoms. The molecule has 0 radical (unpaired) electrons. The summed E-state index contributed by atoms with van der Waals surface area (Å²) in [7, 11) is 0. The second-order valence-corrected chi connectivity index (χ2v) is 5.40. The maximum Gasteiger partial charge on any atom is 0.334 e. The largest absolute Gasteiger partial charge is 0.479 e. The lowest BCUT2D eigenvalue weighted by molar-refractivity contribution is -0.154. The van der Waals surface area contributed by atoms with Crippen LogP contribution in [-0.2, 0) is 9.53 Å². The van der Waals surface area contributed by atoms with Crippen molar-refractivity contribution in [3.8, 4) is 5.69 Å². The summed E-state index contributed by atoms with van der Waals surface area (Å²) in [6, 6.07) is 7.20. The fourth-order valence-corrected chi connectivity index (χ4v) is 2.62. The Kier molecular flexibility index (Phi) is 4.12. The zero-order chi connectivity index (χ0) is 16.4. The summed E-state index contributed by atoms with van der Waals surface area (Å²) in [4.78, 5) is 25.1. The maximum atomic E-state index is 12.6. The quantitative estimate of drug-likeness (QED) is 0.917. The average molecular weight is 315 g/mol. The molecule has 7 nitrogen and oxygen atoms in total. The number of hydrogen-bond acceptors (Lipinski definition) is 4. The maximum absolute atomic E-state index is 12.6. The van der Waals surface area contributed by atoms with Crippen molar-refractivity contribution < 1.29 is 19.4 Å². The van der Waals surface area contributed by atoms with E-state index >= 15 is 0 Å². The molecule has 3 rings (SSSR count). The number of ether oxygens (including phenoxy) is 1. The first kappa shape index (κ1) is 15.2. The van der Waals surface area contributed by atoms with Gasteiger partial charge in [-0.3, -0.25) is 4.79 Å². The summed E-state index contributed by atoms with van der Waals surface area (Å²) in [5.41, 5.74) is 2.35. The third kappa shape index (κ3) is 3.09. The van der Waals surface area contributed by atoms with E-state index in [0.717, 1.165) is 11.3 Å². The van der Waals surface area contributed by atoms with Gasteiger partial charge in [0.25, 0.3) is 5.91 Å². The van der Waals surface area contributed by atoms with Gasteiger partial charge >= 0.3 is 5.97 Å². The fourth-order valence-electron chi connectivity index (χ4n) is 2.62. The number of hydrogen-bond donors (Lipinski definition) is 1. The van der Waals surface area contributed by atoms with Crippen molar-refractivity contribution in [3.05, 3.63) is 47.8 Å². The molecule has 1 unspecified atom stereocenters. The third-order valence-corrected chi connectivity index (χ3v) is 3.82. The van der Waals surface area contributed by atoms with Crippen LogP contribution in [0.3, 0.4) is 0 Å². The van der Waals surface area contributed by atoms with Crippen LogP contribution in [0.15, 0.2) is 36.7 Å². The smallest absolute Gasteiger partial charge is 0.334 e. The highest BCUT2D eigenvalue weighted by molar-refractivity contribution is 5.95. The van der Waals surface area contributed by atoms with Gasteiger partial charge in [0.1, 0.15) is 0 Å². The van der Waals surface area contributed by atoms with Crippen LogP contribution >= 0.6 is 0 Å². The van der Waals surface area contributed by atoms with Gasteiger partial charge in [-0.25, -0.2) is 9.48 Å². The minimum absolute atomic E-state index is 0.0636. The molecule has 0 saturated carbocycles. The monoisotopic (exact) mass is 315 g/mol. The number of benzene rings is 1. The molecule has 1 aliphatic heterocycles. The van der Waals surface area contributed by atoms with Crippen molar-refractivity contribution in [2.24, 2.45) is 0 Å². The standard InChI is InChI=1S/C16H17N3O4/c1-11-9-12(3-4-13(11)19-6-2-5-17-19)15(20)18-7-8-23-14(10-18)16(21)22/h2-6,9,14H,7-8,10H2,1H3,(H,21,22). The van der Waals surface area contributed by atoms with Gasteiger partial charge in [0.05, 0.1) is 18.8 Å². The summed E-state index contributed by atoms with van der Waals surface area (Å²) < 4.78 is 6.88. The van der Waals surface area contributed by atoms with E-state index in [1.54, 1.807) is 23.0 Å². The number of aliphatic carboxylic acids is 1. The SMILES string of the molecule is Cc1cc(C(=O)N2CCOC(C(=O)O)C2)ccc1-n1cccn1. The van der Waals surface area contributed by atoms with E-state index < -0.39 is 12.1 Å². The Hall–Kier alpha value is -2.67. The van der Waals surface area contributed by atoms with Gasteiger partial charge < -0.3 is 14.7 Å². The van der Waals surface area contributed by atoms with Crippen molar-refractivity contribution in [2.45, 2.75) is 13.0 Å². The molecule has 0 aliphatic carbocycles. The number of carbonyl (C=O) groups is 2. The van der Waals surface area contributed by atoms with Crippen LogP contribution < -0.4 is 0 Å². The number of carboxylic acid groups (broad SMARTS) is 1. The minimum Gasteiger partial charge on any atom is -0.479 e. The Morgan fingerprint density at radius 3 is 2.87 bits per heavy atom. The van der Waals surface area contributed by atoms with Gasteiger partial charge in [0.2, 0.25) is 0 Å². The van der Waals surface area contributed by atoms with Crippen molar-refractivity contribution in [3.63, 3.8) is 0 Å². The lowest BCUT2D eigenvalue weighted by Gasteiger charge is -2.31. The molecule has 0 spiro atoms. The molecule has 1 fully saturated rings. The lowest BCUT2D eigenvalue weighted by Crippen LogP contribution is -2.48. The molecule has 1 aliphatic rings. The highest BCUT2D eigenvalue weighted by atomic mass is 16.5. The average Bonchev–Trinajstić information content (AvgIpc) is 3.08. The number of aryl methyl sites for hydroxylation is 1. The second kappa shape index (κ2) is 6.21. The van der Waals surface area contributed by atoms with Gasteiger partial charge in [0, 0.05) is 24.5 Å². The number of amides is 1. The Morgan fingerprint density at radius 2 is 2.22 bits per heavy atom. The molecular weight excluding hydrogens is 298 g/mol. The molecule has 120 valence electrons. The Bertz CT molecular complexity index is 727. The number of aromatic nitrogens is 2. The first-order chi connectivity index (χ1) is 11.1. The van der Waals surface area contributed by atoms with Gasteiger partial charge in [-0.05, 0) is 36.8 Å². The number of carboxylic acids is 1. The number of carbonyl (C=O) groups excluding carboxylic acids is 1. The molecule has 7 heteroatoms. The van der Waals surface area contributed by atoms with Crippen molar-refractivity contribution >= 4 is 11.9 Å². The Morgan fingerprint density at radius 1 is 1.39 bits per heavy atom. The van der Waals surface area contributed by atoms with Gasteiger partial charge in [-0.2, -0.15) is 5.10 Å². The lowest BCUT2D eigenvalue weighted by atomic mass is 10.1. The van der Waals surface area contributed by atoms with Crippen LogP contribution in [-0.4, -0.2) is 57.5 Å². The predicted octanol–water partition coefficient (Wildman–Crippen LogP) is 1.11. The van der Waals surface area contributed by atoms with Crippen LogP contribution in [0, 0.1) is 6.92 Å². The van der Waals surface area contributed by atoms with Gasteiger partial charge in [0.15, 0.2) is 6.10 Å². The van der Waals surface area contributed by atoms with Crippen molar-refractivity contribution in [1.29, 1.82) is 0 Å². The van der Waals surface area contributed by atoms with E-state index in [9.17, 15) is 9.59 Å². The normalized spacial score (nSPS) is 18.0. The number of nitrogens with zero attached hydrogens (tertiary/aromatic N) is 3. The van der Waals surface area contributed by atoms with Gasteiger partial charge in [-0.1, -0.05) is 0 Å². The highest BCUT2D eigenvalue weighted by Gasteiger charge is 2.29. The summed E-state index contributed by atoms with van der Waals surface area (Å²) >= 11 is 0. The number of rotatable bonds is 3. The summed E-state index contributed by atoms with van der Waals surface area (Å²) in [6.45, 7) is 2.59. The van der Waals surface area contributed by atoms with Crippen LogP contribution in [0.25, 0.3) is 5.69 Å². The van der Waals surface area contributed by atoms with E-state index in [1.807, 2.05) is 25.3 Å². The Balaban J connectivity index is 1.80. The number of morpholine rings is 1. The fraction of sp³-hybridized carbons (Fsp3) is 0.312. The first-order valence-electron chi connectivity index (χ1n) is 7.30. The summed E-state index contributed by atoms with van der Waals surface area (Å²) in [5, 5.41) is 13.2. The van der Waals surface area contributed by atoms with Crippen LogP contribution in [0.5, 0.6) is 0 Å². The van der Waals surface area contributed by atoms with Crippen LogP contribution in [0.4, 0.5) is 0 Å². The highest BCUT2D eigenvalue weighted by Crippen LogP contribution is 2.17. The summed E-state index contributed by atoms with van der Waals surface area (Å²) in [5.74, 6) is -1.23. The first-order valence-corrected chi connectivity index (χ1v) is 7.30. The van der Waals surface area contributed by atoms with Crippen molar-refractivity contribution in [2.75, 3.05) is 19.7 Å². The van der Waals surface area contributed by atoms with E-state index in [-0.39, 0.29) is 19.1 Å². The molecule has 23 heavy (non-hydrogen) atoms. The molecule has 1 aromatic heterocycles.